The number of ether oxygens (including phenoxy) is 1. The minimum absolute atomic E-state index is 0.0138. The number of nitrogens with zero attached hydrogens (tertiary/aromatic N) is 3. The lowest BCUT2D eigenvalue weighted by atomic mass is 10.0. The summed E-state index contributed by atoms with van der Waals surface area (Å²) in [6.07, 6.45) is 2.89. The summed E-state index contributed by atoms with van der Waals surface area (Å²) in [5.41, 5.74) is 0.880. The van der Waals surface area contributed by atoms with Crippen LogP contribution in [0, 0.1) is 0 Å². The quantitative estimate of drug-likeness (QED) is 0.591. The second-order valence-corrected chi connectivity index (χ2v) is 3.92. The average Bonchev–Trinajstić information content (AvgIpc) is 2.98. The molecule has 0 aliphatic rings. The highest BCUT2D eigenvalue weighted by Crippen LogP contribution is 2.21. The summed E-state index contributed by atoms with van der Waals surface area (Å²) in [5, 5.41) is 4.03. The van der Waals surface area contributed by atoms with E-state index < -0.39 is 11.8 Å². The van der Waals surface area contributed by atoms with Gasteiger partial charge in [0.25, 0.3) is 0 Å². The molecule has 1 heterocycles. The van der Waals surface area contributed by atoms with Gasteiger partial charge in [0.1, 0.15) is 12.7 Å². The number of carbonyl (C=O) groups is 2. The Morgan fingerprint density at radius 2 is 2.05 bits per heavy atom. The van der Waals surface area contributed by atoms with Gasteiger partial charge in [-0.1, -0.05) is 30.3 Å². The smallest absolute Gasteiger partial charge is 0.374 e. The van der Waals surface area contributed by atoms with Gasteiger partial charge in [0.2, 0.25) is 5.78 Å². The van der Waals surface area contributed by atoms with Crippen molar-refractivity contribution in [2.75, 3.05) is 7.11 Å². The highest BCUT2D eigenvalue weighted by Gasteiger charge is 2.23. The Hall–Kier alpha value is -2.50. The number of ketones is 1. The molecular formula is C13H13N3O3. The molecule has 0 radical (unpaired) electrons. The molecule has 1 atom stereocenters. The van der Waals surface area contributed by atoms with Crippen LogP contribution in [-0.2, 0) is 14.3 Å². The predicted molar refractivity (Wildman–Crippen MR) is 66.2 cm³/mol. The van der Waals surface area contributed by atoms with Crippen molar-refractivity contribution in [3.05, 3.63) is 48.5 Å². The summed E-state index contributed by atoms with van der Waals surface area (Å²) >= 11 is 0. The number of Topliss-reactive ketones (excluding diaryl/α,β-unsaturated/α-hetero) is 1. The SMILES string of the molecule is COC(=O)C(=O)CC(c1ccccc1)n1cncn1. The average molecular weight is 259 g/mol. The first-order valence-corrected chi connectivity index (χ1v) is 5.72. The highest BCUT2D eigenvalue weighted by atomic mass is 16.5. The minimum Gasteiger partial charge on any atom is -0.463 e. The predicted octanol–water partition coefficient (Wildman–Crippen LogP) is 1.000. The Balaban J connectivity index is 2.26. The molecule has 1 aromatic heterocycles. The van der Waals surface area contributed by atoms with Crippen molar-refractivity contribution in [1.29, 1.82) is 0 Å². The third-order valence-corrected chi connectivity index (χ3v) is 2.73. The van der Waals surface area contributed by atoms with E-state index in [1.165, 1.54) is 19.8 Å². The van der Waals surface area contributed by atoms with E-state index in [9.17, 15) is 9.59 Å². The minimum atomic E-state index is -0.846. The van der Waals surface area contributed by atoms with E-state index in [1.54, 1.807) is 4.68 Å². The Bertz CT molecular complexity index is 552. The van der Waals surface area contributed by atoms with Crippen molar-refractivity contribution in [2.24, 2.45) is 0 Å². The number of rotatable bonds is 5. The van der Waals surface area contributed by atoms with Crippen LogP contribution in [-0.4, -0.2) is 33.6 Å². The standard InChI is InChI=1S/C13H13N3O3/c1-19-13(18)12(17)7-11(16-9-14-8-15-16)10-5-3-2-4-6-10/h2-6,8-9,11H,7H2,1H3. The van der Waals surface area contributed by atoms with Gasteiger partial charge in [-0.3, -0.25) is 4.79 Å². The van der Waals surface area contributed by atoms with E-state index in [0.717, 1.165) is 5.56 Å². The molecule has 2 aromatic rings. The van der Waals surface area contributed by atoms with Crippen molar-refractivity contribution < 1.29 is 14.3 Å². The van der Waals surface area contributed by atoms with Gasteiger partial charge >= 0.3 is 5.97 Å². The molecule has 19 heavy (non-hydrogen) atoms. The van der Waals surface area contributed by atoms with Crippen molar-refractivity contribution >= 4 is 11.8 Å². The maximum absolute atomic E-state index is 11.7. The number of hydrogen-bond acceptors (Lipinski definition) is 5. The topological polar surface area (TPSA) is 74.1 Å². The maximum Gasteiger partial charge on any atom is 0.374 e. The zero-order valence-electron chi connectivity index (χ0n) is 10.4. The summed E-state index contributed by atoms with van der Waals surface area (Å²) in [5.74, 6) is -1.44. The van der Waals surface area contributed by atoms with Gasteiger partial charge in [0.05, 0.1) is 13.2 Å². The Kier molecular flexibility index (Phi) is 4.02. The first-order chi connectivity index (χ1) is 9.22. The summed E-state index contributed by atoms with van der Waals surface area (Å²) < 4.78 is 5.98. The van der Waals surface area contributed by atoms with E-state index in [0.29, 0.717) is 0 Å². The molecule has 0 saturated carbocycles. The van der Waals surface area contributed by atoms with Crippen molar-refractivity contribution in [3.63, 3.8) is 0 Å². The van der Waals surface area contributed by atoms with Crippen LogP contribution >= 0.6 is 0 Å². The molecule has 1 aromatic carbocycles. The summed E-state index contributed by atoms with van der Waals surface area (Å²) in [6.45, 7) is 0. The first kappa shape index (κ1) is 12.9. The van der Waals surface area contributed by atoms with Crippen molar-refractivity contribution in [3.8, 4) is 0 Å². The van der Waals surface area contributed by atoms with E-state index in [-0.39, 0.29) is 12.5 Å². The largest absolute Gasteiger partial charge is 0.463 e. The van der Waals surface area contributed by atoms with E-state index in [4.69, 9.17) is 0 Å². The summed E-state index contributed by atoms with van der Waals surface area (Å²) in [6, 6.07) is 8.98. The molecule has 0 N–H and O–H groups in total. The van der Waals surface area contributed by atoms with Gasteiger partial charge in [-0.15, -0.1) is 0 Å². The fourth-order valence-corrected chi connectivity index (χ4v) is 1.79. The van der Waals surface area contributed by atoms with E-state index >= 15 is 0 Å². The summed E-state index contributed by atoms with van der Waals surface area (Å²) in [7, 11) is 1.19. The van der Waals surface area contributed by atoms with Crippen LogP contribution in [0.25, 0.3) is 0 Å². The first-order valence-electron chi connectivity index (χ1n) is 5.72. The molecule has 1 unspecified atom stereocenters. The number of benzene rings is 1. The van der Waals surface area contributed by atoms with Crippen LogP contribution in [0.2, 0.25) is 0 Å². The number of carbonyl (C=O) groups excluding carboxylic acids is 2. The molecule has 0 aliphatic carbocycles. The van der Waals surface area contributed by atoms with Gasteiger partial charge in [-0.05, 0) is 5.56 Å². The van der Waals surface area contributed by atoms with Crippen LogP contribution in [0.3, 0.4) is 0 Å². The molecule has 0 saturated heterocycles. The molecule has 6 nitrogen and oxygen atoms in total. The Morgan fingerprint density at radius 1 is 1.32 bits per heavy atom. The number of aromatic nitrogens is 3. The van der Waals surface area contributed by atoms with Crippen molar-refractivity contribution in [2.45, 2.75) is 12.5 Å². The van der Waals surface area contributed by atoms with Gasteiger partial charge in [-0.2, -0.15) is 5.10 Å². The molecule has 0 spiro atoms. The Labute approximate surface area is 110 Å². The molecule has 0 fully saturated rings. The molecule has 98 valence electrons. The van der Waals surface area contributed by atoms with Gasteiger partial charge in [0.15, 0.2) is 0 Å². The zero-order valence-corrected chi connectivity index (χ0v) is 10.4. The third kappa shape index (κ3) is 3.04. The fourth-order valence-electron chi connectivity index (χ4n) is 1.79. The van der Waals surface area contributed by atoms with Crippen LogP contribution in [0.15, 0.2) is 43.0 Å². The molecule has 0 amide bonds. The van der Waals surface area contributed by atoms with E-state index in [2.05, 4.69) is 14.8 Å². The van der Waals surface area contributed by atoms with Crippen LogP contribution < -0.4 is 0 Å². The highest BCUT2D eigenvalue weighted by molar-refractivity contribution is 6.33. The molecule has 2 rings (SSSR count). The second kappa shape index (κ2) is 5.90. The third-order valence-electron chi connectivity index (χ3n) is 2.73. The molecule has 6 heteroatoms. The lowest BCUT2D eigenvalue weighted by Crippen LogP contribution is -2.22. The zero-order chi connectivity index (χ0) is 13.7. The van der Waals surface area contributed by atoms with Gasteiger partial charge < -0.3 is 4.74 Å². The molecule has 0 bridgehead atoms. The maximum atomic E-state index is 11.7. The second-order valence-electron chi connectivity index (χ2n) is 3.92. The number of esters is 1. The number of methoxy groups -OCH3 is 1. The molecule has 0 aliphatic heterocycles. The van der Waals surface area contributed by atoms with Crippen LogP contribution in [0.1, 0.15) is 18.0 Å². The van der Waals surface area contributed by atoms with Crippen molar-refractivity contribution in [1.82, 2.24) is 14.8 Å². The number of hydrogen-bond donors (Lipinski definition) is 0. The lowest BCUT2D eigenvalue weighted by molar-refractivity contribution is -0.151. The fraction of sp³-hybridized carbons (Fsp3) is 0.231. The summed E-state index contributed by atoms with van der Waals surface area (Å²) in [4.78, 5) is 26.8. The van der Waals surface area contributed by atoms with E-state index in [1.807, 2.05) is 30.3 Å². The normalized spacial score (nSPS) is 11.8. The van der Waals surface area contributed by atoms with Gasteiger partial charge in [-0.25, -0.2) is 14.5 Å². The van der Waals surface area contributed by atoms with Gasteiger partial charge in [0, 0.05) is 6.42 Å². The lowest BCUT2D eigenvalue weighted by Gasteiger charge is -2.16. The molecular weight excluding hydrogens is 246 g/mol. The monoisotopic (exact) mass is 259 g/mol. The Morgan fingerprint density at radius 3 is 2.63 bits per heavy atom. The van der Waals surface area contributed by atoms with Crippen LogP contribution in [0.4, 0.5) is 0 Å². The van der Waals surface area contributed by atoms with Crippen LogP contribution in [0.5, 0.6) is 0 Å².